The second-order valence-corrected chi connectivity index (χ2v) is 4.66. The molecule has 0 saturated carbocycles. The van der Waals surface area contributed by atoms with Gasteiger partial charge in [-0.2, -0.15) is 4.98 Å². The van der Waals surface area contributed by atoms with Crippen molar-refractivity contribution in [2.24, 2.45) is 0 Å². The summed E-state index contributed by atoms with van der Waals surface area (Å²) in [4.78, 5) is 17.1. The van der Waals surface area contributed by atoms with Crippen LogP contribution in [0.4, 0.5) is 5.82 Å². The van der Waals surface area contributed by atoms with Crippen LogP contribution < -0.4 is 11.0 Å². The van der Waals surface area contributed by atoms with Gasteiger partial charge >= 0.3 is 5.69 Å². The number of aromatic nitrogens is 2. The summed E-state index contributed by atoms with van der Waals surface area (Å²) in [5, 5.41) is 30.9. The Morgan fingerprint density at radius 3 is 2.83 bits per heavy atom. The third-order valence-electron chi connectivity index (χ3n) is 2.58. The predicted octanol–water partition coefficient (Wildman–Crippen LogP) is -1.62. The number of rotatable bonds is 3. The molecular formula is C9H12BrN3O5. The maximum atomic E-state index is 11.1. The predicted molar refractivity (Wildman–Crippen MR) is 63.9 cm³/mol. The standard InChI is InChI=1S/C9H12BrN3O5/c10-3-1-11-9(17)13-7(3)12-8-6(16)5(15)4(2-14)18-8/h1,4-6,8,14-16H,2H2,(H2,11,12,13,17)/t4-,5+,6-,8-/m1/s1. The molecule has 1 aromatic rings. The lowest BCUT2D eigenvalue weighted by Gasteiger charge is -2.17. The maximum Gasteiger partial charge on any atom is 0.346 e. The molecule has 0 aliphatic carbocycles. The smallest absolute Gasteiger partial charge is 0.346 e. The van der Waals surface area contributed by atoms with Gasteiger partial charge < -0.3 is 30.4 Å². The van der Waals surface area contributed by atoms with E-state index in [0.717, 1.165) is 0 Å². The van der Waals surface area contributed by atoms with Gasteiger partial charge in [0.2, 0.25) is 0 Å². The molecule has 1 aromatic heterocycles. The highest BCUT2D eigenvalue weighted by Gasteiger charge is 2.42. The molecule has 8 nitrogen and oxygen atoms in total. The zero-order valence-corrected chi connectivity index (χ0v) is 10.7. The number of ether oxygens (including phenoxy) is 1. The van der Waals surface area contributed by atoms with Crippen LogP contribution in [0.2, 0.25) is 0 Å². The summed E-state index contributed by atoms with van der Waals surface area (Å²) in [5.74, 6) is 0.175. The van der Waals surface area contributed by atoms with Crippen LogP contribution in [0.25, 0.3) is 0 Å². The van der Waals surface area contributed by atoms with Gasteiger partial charge in [0.15, 0.2) is 6.23 Å². The molecular weight excluding hydrogens is 310 g/mol. The molecule has 2 heterocycles. The summed E-state index contributed by atoms with van der Waals surface area (Å²) >= 11 is 3.16. The highest BCUT2D eigenvalue weighted by molar-refractivity contribution is 9.10. The molecule has 100 valence electrons. The number of hydrogen-bond donors (Lipinski definition) is 5. The zero-order chi connectivity index (χ0) is 13.3. The molecule has 0 aromatic carbocycles. The second-order valence-electron chi connectivity index (χ2n) is 3.81. The van der Waals surface area contributed by atoms with Gasteiger partial charge in [-0.25, -0.2) is 4.79 Å². The first-order chi connectivity index (χ1) is 8.52. The number of nitrogens with zero attached hydrogens (tertiary/aromatic N) is 1. The molecule has 1 saturated heterocycles. The molecule has 0 unspecified atom stereocenters. The lowest BCUT2D eigenvalue weighted by Crippen LogP contribution is -2.37. The molecule has 2 rings (SSSR count). The molecule has 1 aliphatic rings. The van der Waals surface area contributed by atoms with Crippen LogP contribution in [0, 0.1) is 0 Å². The van der Waals surface area contributed by atoms with E-state index in [-0.39, 0.29) is 5.82 Å². The lowest BCUT2D eigenvalue weighted by atomic mass is 10.1. The lowest BCUT2D eigenvalue weighted by molar-refractivity contribution is -0.0154. The van der Waals surface area contributed by atoms with Gasteiger partial charge in [-0.3, -0.25) is 0 Å². The van der Waals surface area contributed by atoms with Crippen LogP contribution in [0.1, 0.15) is 0 Å². The average Bonchev–Trinajstić information content (AvgIpc) is 2.62. The Hall–Kier alpha value is -1.00. The van der Waals surface area contributed by atoms with Gasteiger partial charge in [0.25, 0.3) is 0 Å². The number of H-pyrrole nitrogens is 1. The molecule has 0 bridgehead atoms. The third kappa shape index (κ3) is 2.54. The van der Waals surface area contributed by atoms with Gasteiger partial charge in [0, 0.05) is 6.20 Å². The Kier molecular flexibility index (Phi) is 3.97. The minimum Gasteiger partial charge on any atom is -0.394 e. The number of hydrogen-bond acceptors (Lipinski definition) is 7. The molecule has 0 spiro atoms. The summed E-state index contributed by atoms with van der Waals surface area (Å²) in [6.07, 6.45) is -2.87. The molecule has 4 atom stereocenters. The van der Waals surface area contributed by atoms with Gasteiger partial charge in [-0.1, -0.05) is 0 Å². The Morgan fingerprint density at radius 2 is 2.22 bits per heavy atom. The number of aliphatic hydroxyl groups excluding tert-OH is 3. The fourth-order valence-electron chi connectivity index (χ4n) is 1.64. The van der Waals surface area contributed by atoms with Crippen molar-refractivity contribution >= 4 is 21.7 Å². The van der Waals surface area contributed by atoms with E-state index in [0.29, 0.717) is 4.47 Å². The topological polar surface area (TPSA) is 128 Å². The van der Waals surface area contributed by atoms with E-state index >= 15 is 0 Å². The number of anilines is 1. The zero-order valence-electron chi connectivity index (χ0n) is 9.08. The van der Waals surface area contributed by atoms with Crippen LogP contribution in [-0.4, -0.2) is 56.4 Å². The minimum absolute atomic E-state index is 0.175. The van der Waals surface area contributed by atoms with E-state index in [4.69, 9.17) is 9.84 Å². The van der Waals surface area contributed by atoms with Crippen LogP contribution in [-0.2, 0) is 4.74 Å². The molecule has 0 amide bonds. The average molecular weight is 322 g/mol. The monoisotopic (exact) mass is 321 g/mol. The first-order valence-electron chi connectivity index (χ1n) is 5.17. The van der Waals surface area contributed by atoms with Crippen molar-refractivity contribution < 1.29 is 20.1 Å². The molecule has 0 radical (unpaired) electrons. The number of halogens is 1. The Bertz CT molecular complexity index is 482. The van der Waals surface area contributed by atoms with Gasteiger partial charge in [0.1, 0.15) is 24.1 Å². The van der Waals surface area contributed by atoms with Crippen LogP contribution >= 0.6 is 15.9 Å². The van der Waals surface area contributed by atoms with Crippen molar-refractivity contribution in [3.8, 4) is 0 Å². The van der Waals surface area contributed by atoms with Gasteiger partial charge in [-0.05, 0) is 15.9 Å². The first-order valence-corrected chi connectivity index (χ1v) is 5.96. The minimum atomic E-state index is -1.23. The van der Waals surface area contributed by atoms with Gasteiger partial charge in [-0.15, -0.1) is 0 Å². The fourth-order valence-corrected chi connectivity index (χ4v) is 1.95. The first kappa shape index (κ1) is 13.4. The maximum absolute atomic E-state index is 11.1. The van der Waals surface area contributed by atoms with E-state index < -0.39 is 36.8 Å². The highest BCUT2D eigenvalue weighted by atomic mass is 79.9. The summed E-state index contributed by atoms with van der Waals surface area (Å²) in [6, 6.07) is 0. The van der Waals surface area contributed by atoms with Gasteiger partial charge in [0.05, 0.1) is 11.1 Å². The van der Waals surface area contributed by atoms with Crippen molar-refractivity contribution in [3.63, 3.8) is 0 Å². The third-order valence-corrected chi connectivity index (χ3v) is 3.19. The normalized spacial score (nSPS) is 31.6. The van der Waals surface area contributed by atoms with Crippen molar-refractivity contribution in [1.29, 1.82) is 0 Å². The quantitative estimate of drug-likeness (QED) is 0.453. The second kappa shape index (κ2) is 5.33. The molecule has 5 N–H and O–H groups in total. The van der Waals surface area contributed by atoms with Crippen LogP contribution in [0.3, 0.4) is 0 Å². The Morgan fingerprint density at radius 1 is 1.50 bits per heavy atom. The Balaban J connectivity index is 2.15. The van der Waals surface area contributed by atoms with E-state index in [2.05, 4.69) is 31.2 Å². The highest BCUT2D eigenvalue weighted by Crippen LogP contribution is 2.24. The van der Waals surface area contributed by atoms with Crippen molar-refractivity contribution in [2.45, 2.75) is 24.5 Å². The number of aromatic amines is 1. The molecule has 1 fully saturated rings. The van der Waals surface area contributed by atoms with Crippen molar-refractivity contribution in [3.05, 3.63) is 21.2 Å². The van der Waals surface area contributed by atoms with E-state index in [9.17, 15) is 15.0 Å². The summed E-state index contributed by atoms with van der Waals surface area (Å²) in [7, 11) is 0. The molecule has 9 heteroatoms. The molecule has 1 aliphatic heterocycles. The Labute approximate surface area is 110 Å². The fraction of sp³-hybridized carbons (Fsp3) is 0.556. The van der Waals surface area contributed by atoms with E-state index in [1.165, 1.54) is 6.20 Å². The van der Waals surface area contributed by atoms with E-state index in [1.54, 1.807) is 0 Å². The largest absolute Gasteiger partial charge is 0.394 e. The summed E-state index contributed by atoms with van der Waals surface area (Å²) in [6.45, 7) is -0.416. The SMILES string of the molecule is O=c1nc(N[C@@H]2O[C@H](CO)[C@H](O)[C@H]2O)c(Br)c[nH]1. The number of aliphatic hydroxyl groups is 3. The van der Waals surface area contributed by atoms with E-state index in [1.807, 2.05) is 0 Å². The van der Waals surface area contributed by atoms with Crippen LogP contribution in [0.5, 0.6) is 0 Å². The number of nitrogens with one attached hydrogen (secondary N) is 2. The summed E-state index contributed by atoms with van der Waals surface area (Å²) < 4.78 is 5.67. The molecule has 18 heavy (non-hydrogen) atoms. The van der Waals surface area contributed by atoms with Crippen molar-refractivity contribution in [2.75, 3.05) is 11.9 Å². The summed E-state index contributed by atoms with van der Waals surface area (Å²) in [5.41, 5.74) is -0.563. The van der Waals surface area contributed by atoms with Crippen molar-refractivity contribution in [1.82, 2.24) is 9.97 Å². The van der Waals surface area contributed by atoms with Crippen LogP contribution in [0.15, 0.2) is 15.5 Å².